The summed E-state index contributed by atoms with van der Waals surface area (Å²) in [6.45, 7) is 0.111. The third kappa shape index (κ3) is 5.84. The number of thioether (sulfide) groups is 1. The molecule has 3 amide bonds. The Hall–Kier alpha value is -1.28. The number of nitrogens with two attached hydrogens (primary N) is 1. The summed E-state index contributed by atoms with van der Waals surface area (Å²) in [6.07, 6.45) is 2.38. The molecule has 0 aliphatic heterocycles. The molecular formula is C14H19BrFN3O2S. The number of nitrogens with one attached hydrogen (secondary N) is 1. The first kappa shape index (κ1) is 18.8. The van der Waals surface area contributed by atoms with E-state index >= 15 is 0 Å². The Balaban J connectivity index is 2.79. The third-order valence-corrected chi connectivity index (χ3v) is 4.15. The molecule has 0 spiro atoms. The van der Waals surface area contributed by atoms with Gasteiger partial charge in [-0.25, -0.2) is 9.18 Å². The fraction of sp³-hybridized carbons (Fsp3) is 0.429. The normalized spacial score (nSPS) is 11.8. The summed E-state index contributed by atoms with van der Waals surface area (Å²) in [5.74, 6) is 0.0223. The van der Waals surface area contributed by atoms with E-state index in [2.05, 4.69) is 21.2 Å². The Morgan fingerprint density at radius 3 is 2.77 bits per heavy atom. The van der Waals surface area contributed by atoms with E-state index in [4.69, 9.17) is 5.73 Å². The molecule has 0 aliphatic rings. The van der Waals surface area contributed by atoms with Gasteiger partial charge in [0.15, 0.2) is 0 Å². The molecule has 0 saturated carbocycles. The highest BCUT2D eigenvalue weighted by molar-refractivity contribution is 9.10. The molecule has 0 bridgehead atoms. The fourth-order valence-corrected chi connectivity index (χ4v) is 2.81. The maximum absolute atomic E-state index is 13.8. The molecule has 0 fully saturated rings. The summed E-state index contributed by atoms with van der Waals surface area (Å²) in [5.41, 5.74) is 5.50. The molecule has 0 aliphatic carbocycles. The Kier molecular flexibility index (Phi) is 7.67. The van der Waals surface area contributed by atoms with Gasteiger partial charge in [0.05, 0.1) is 0 Å². The molecule has 22 heavy (non-hydrogen) atoms. The number of hydrogen-bond acceptors (Lipinski definition) is 3. The lowest BCUT2D eigenvalue weighted by Gasteiger charge is -2.24. The average Bonchev–Trinajstić information content (AvgIpc) is 2.46. The molecule has 122 valence electrons. The van der Waals surface area contributed by atoms with Crippen LogP contribution in [0.25, 0.3) is 0 Å². The number of rotatable bonds is 7. The number of benzene rings is 1. The van der Waals surface area contributed by atoms with Gasteiger partial charge in [0.25, 0.3) is 0 Å². The smallest absolute Gasteiger partial charge is 0.312 e. The van der Waals surface area contributed by atoms with Crippen LogP contribution in [0.5, 0.6) is 0 Å². The molecule has 0 saturated heterocycles. The van der Waals surface area contributed by atoms with E-state index in [1.54, 1.807) is 30.9 Å². The second-order valence-corrected chi connectivity index (χ2v) is 6.67. The van der Waals surface area contributed by atoms with E-state index in [9.17, 15) is 14.0 Å². The molecule has 1 aromatic rings. The molecule has 0 aromatic heterocycles. The zero-order valence-corrected chi connectivity index (χ0v) is 14.8. The quantitative estimate of drug-likeness (QED) is 0.748. The minimum Gasteiger partial charge on any atom is -0.352 e. The SMILES string of the molecule is CSCCC(NC(N)=O)C(=O)N(C)Cc1cc(Br)ccc1F. The van der Waals surface area contributed by atoms with Crippen LogP contribution in [0.15, 0.2) is 22.7 Å². The van der Waals surface area contributed by atoms with Crippen molar-refractivity contribution in [2.24, 2.45) is 5.73 Å². The topological polar surface area (TPSA) is 75.4 Å². The first-order valence-electron chi connectivity index (χ1n) is 6.59. The highest BCUT2D eigenvalue weighted by Gasteiger charge is 2.23. The van der Waals surface area contributed by atoms with Gasteiger partial charge >= 0.3 is 6.03 Å². The maximum atomic E-state index is 13.8. The van der Waals surface area contributed by atoms with Crippen LogP contribution in [0.3, 0.4) is 0 Å². The van der Waals surface area contributed by atoms with Gasteiger partial charge in [-0.1, -0.05) is 15.9 Å². The van der Waals surface area contributed by atoms with E-state index in [1.807, 2.05) is 6.26 Å². The van der Waals surface area contributed by atoms with E-state index in [1.165, 1.54) is 11.0 Å². The molecule has 1 aromatic carbocycles. The number of primary amides is 1. The Morgan fingerprint density at radius 1 is 1.50 bits per heavy atom. The first-order valence-corrected chi connectivity index (χ1v) is 8.77. The Morgan fingerprint density at radius 2 is 2.18 bits per heavy atom. The largest absolute Gasteiger partial charge is 0.352 e. The number of carbonyl (C=O) groups excluding carboxylic acids is 2. The lowest BCUT2D eigenvalue weighted by atomic mass is 10.1. The summed E-state index contributed by atoms with van der Waals surface area (Å²) < 4.78 is 14.5. The van der Waals surface area contributed by atoms with Gasteiger partial charge in [-0.3, -0.25) is 4.79 Å². The first-order chi connectivity index (χ1) is 10.3. The van der Waals surface area contributed by atoms with Crippen LogP contribution in [0.2, 0.25) is 0 Å². The Labute approximate surface area is 141 Å². The van der Waals surface area contributed by atoms with Crippen LogP contribution < -0.4 is 11.1 Å². The van der Waals surface area contributed by atoms with Gasteiger partial charge in [0.1, 0.15) is 11.9 Å². The molecule has 3 N–H and O–H groups in total. The van der Waals surface area contributed by atoms with Crippen LogP contribution in [-0.2, 0) is 11.3 Å². The van der Waals surface area contributed by atoms with Crippen LogP contribution in [0.4, 0.5) is 9.18 Å². The summed E-state index contributed by atoms with van der Waals surface area (Å²) in [6, 6.07) is 3.10. The van der Waals surface area contributed by atoms with Gasteiger partial charge < -0.3 is 16.0 Å². The third-order valence-electron chi connectivity index (χ3n) is 3.02. The summed E-state index contributed by atoms with van der Waals surface area (Å²) >= 11 is 4.84. The standard InChI is InChI=1S/C14H19BrFN3O2S/c1-19(8-9-7-10(15)3-4-11(9)16)13(20)12(5-6-22-2)18-14(17)21/h3-4,7,12H,5-6,8H2,1-2H3,(H3,17,18,21). The predicted molar refractivity (Wildman–Crippen MR) is 90.1 cm³/mol. The second kappa shape index (κ2) is 8.99. The van der Waals surface area contributed by atoms with Crippen LogP contribution in [0.1, 0.15) is 12.0 Å². The highest BCUT2D eigenvalue weighted by Crippen LogP contribution is 2.17. The molecule has 1 atom stereocenters. The van der Waals surface area contributed by atoms with E-state index < -0.39 is 12.1 Å². The molecule has 5 nitrogen and oxygen atoms in total. The number of urea groups is 1. The minimum atomic E-state index is -0.749. The number of halogens is 2. The number of hydrogen-bond donors (Lipinski definition) is 2. The molecule has 0 radical (unpaired) electrons. The zero-order valence-electron chi connectivity index (χ0n) is 12.4. The second-order valence-electron chi connectivity index (χ2n) is 4.77. The van der Waals surface area contributed by atoms with Crippen molar-refractivity contribution < 1.29 is 14.0 Å². The zero-order chi connectivity index (χ0) is 16.7. The summed E-state index contributed by atoms with van der Waals surface area (Å²) in [4.78, 5) is 24.8. The van der Waals surface area contributed by atoms with Crippen molar-refractivity contribution in [3.05, 3.63) is 34.1 Å². The molecule has 1 unspecified atom stereocenters. The fourth-order valence-electron chi connectivity index (χ4n) is 1.93. The minimum absolute atomic E-state index is 0.111. The van der Waals surface area contributed by atoms with E-state index in [0.717, 1.165) is 4.47 Å². The van der Waals surface area contributed by atoms with E-state index in [-0.39, 0.29) is 18.3 Å². The van der Waals surface area contributed by atoms with Crippen molar-refractivity contribution in [2.45, 2.75) is 19.0 Å². The van der Waals surface area contributed by atoms with Crippen LogP contribution in [-0.4, -0.2) is 41.9 Å². The van der Waals surface area contributed by atoms with Crippen molar-refractivity contribution in [3.8, 4) is 0 Å². The lowest BCUT2D eigenvalue weighted by molar-refractivity contribution is -0.132. The Bertz CT molecular complexity index is 545. The van der Waals surface area contributed by atoms with Crippen LogP contribution in [0, 0.1) is 5.82 Å². The summed E-state index contributed by atoms with van der Waals surface area (Å²) in [5, 5.41) is 2.44. The van der Waals surface area contributed by atoms with Gasteiger partial charge in [0.2, 0.25) is 5.91 Å². The van der Waals surface area contributed by atoms with Crippen molar-refractivity contribution in [1.29, 1.82) is 0 Å². The van der Waals surface area contributed by atoms with Crippen molar-refractivity contribution in [2.75, 3.05) is 19.1 Å². The predicted octanol–water partition coefficient (Wildman–Crippen LogP) is 2.34. The monoisotopic (exact) mass is 391 g/mol. The van der Waals surface area contributed by atoms with Crippen molar-refractivity contribution >= 4 is 39.6 Å². The van der Waals surface area contributed by atoms with E-state index in [0.29, 0.717) is 17.7 Å². The number of amides is 3. The lowest BCUT2D eigenvalue weighted by Crippen LogP contribution is -2.49. The molecule has 0 heterocycles. The van der Waals surface area contributed by atoms with Gasteiger partial charge in [-0.05, 0) is 36.6 Å². The average molecular weight is 392 g/mol. The molecule has 8 heteroatoms. The van der Waals surface area contributed by atoms with Crippen LogP contribution >= 0.6 is 27.7 Å². The maximum Gasteiger partial charge on any atom is 0.312 e. The van der Waals surface area contributed by atoms with Crippen molar-refractivity contribution in [1.82, 2.24) is 10.2 Å². The van der Waals surface area contributed by atoms with Crippen molar-refractivity contribution in [3.63, 3.8) is 0 Å². The number of likely N-dealkylation sites (N-methyl/N-ethyl adjacent to an activating group) is 1. The molecular weight excluding hydrogens is 373 g/mol. The van der Waals surface area contributed by atoms with Gasteiger partial charge in [0, 0.05) is 23.6 Å². The molecule has 1 rings (SSSR count). The van der Waals surface area contributed by atoms with Gasteiger partial charge in [-0.2, -0.15) is 11.8 Å². The number of carbonyl (C=O) groups is 2. The van der Waals surface area contributed by atoms with Gasteiger partial charge in [-0.15, -0.1) is 0 Å². The highest BCUT2D eigenvalue weighted by atomic mass is 79.9. The summed E-state index contributed by atoms with van der Waals surface area (Å²) in [7, 11) is 1.57. The number of nitrogens with zero attached hydrogens (tertiary/aromatic N) is 1.